The minimum absolute atomic E-state index is 0.00432. The summed E-state index contributed by atoms with van der Waals surface area (Å²) in [5.41, 5.74) is 2.11. The highest BCUT2D eigenvalue weighted by molar-refractivity contribution is 6.42. The molecule has 17 heteroatoms. The average molecular weight is 778 g/mol. The van der Waals surface area contributed by atoms with Crippen molar-refractivity contribution in [3.8, 4) is 11.6 Å². The van der Waals surface area contributed by atoms with E-state index in [1.165, 1.54) is 6.92 Å². The molecule has 1 saturated carbocycles. The number of fused-ring (bicyclic) bond motifs is 2. The fraction of sp³-hybridized carbons (Fsp3) is 0.472. The van der Waals surface area contributed by atoms with Crippen molar-refractivity contribution in [1.82, 2.24) is 15.0 Å². The molecule has 2 bridgehead atoms. The molecule has 2 aromatic carbocycles. The lowest BCUT2D eigenvalue weighted by atomic mass is 9.97. The van der Waals surface area contributed by atoms with Crippen LogP contribution in [0.4, 0.5) is 9.18 Å². The lowest BCUT2D eigenvalue weighted by molar-refractivity contribution is -0.758. The zero-order valence-electron chi connectivity index (χ0n) is 29.0. The number of amides is 2. The molecule has 2 fully saturated rings. The van der Waals surface area contributed by atoms with Crippen molar-refractivity contribution in [3.05, 3.63) is 96.7 Å². The molecular formula is C36H39Cl2FN4O10. The Morgan fingerprint density at radius 1 is 1.06 bits per heavy atom. The fourth-order valence-corrected chi connectivity index (χ4v) is 6.93. The standard InChI is InChI=1S/C36H39Cl2FN4O10/c1-22-33(39)34(40-53-22)49-15-3-4-23-7-12-27(13-8-23)52-30-20-26-11-14-29(42(26)36(45)50-18-16-48-17-19-51-43(46)47)31(30)35(44)41(25-9-10-25)21-24-5-2-6-28(37)32(24)38/h2,5-8,12-13,25-26,29H,3-4,9-11,14-21H2,1H3. The van der Waals surface area contributed by atoms with Crippen molar-refractivity contribution < 1.29 is 47.4 Å². The summed E-state index contributed by atoms with van der Waals surface area (Å²) in [4.78, 5) is 46.1. The van der Waals surface area contributed by atoms with Gasteiger partial charge in [0, 0.05) is 25.0 Å². The van der Waals surface area contributed by atoms with Gasteiger partial charge in [0.15, 0.2) is 5.76 Å². The molecule has 0 radical (unpaired) electrons. The van der Waals surface area contributed by atoms with Crippen LogP contribution in [0.2, 0.25) is 10.0 Å². The summed E-state index contributed by atoms with van der Waals surface area (Å²) in [6.45, 7) is 1.62. The minimum atomic E-state index is -0.907. The van der Waals surface area contributed by atoms with E-state index in [-0.39, 0.29) is 69.2 Å². The molecule has 1 saturated heterocycles. The van der Waals surface area contributed by atoms with E-state index in [9.17, 15) is 24.1 Å². The highest BCUT2D eigenvalue weighted by Gasteiger charge is 2.50. The van der Waals surface area contributed by atoms with Crippen LogP contribution in [-0.2, 0) is 32.1 Å². The van der Waals surface area contributed by atoms with Crippen LogP contribution >= 0.6 is 23.2 Å². The molecule has 284 valence electrons. The Balaban J connectivity index is 1.17. The number of nitrogens with zero attached hydrogens (tertiary/aromatic N) is 4. The van der Waals surface area contributed by atoms with Gasteiger partial charge in [-0.05, 0) is 79.9 Å². The van der Waals surface area contributed by atoms with Crippen LogP contribution < -0.4 is 9.47 Å². The van der Waals surface area contributed by atoms with Gasteiger partial charge in [-0.15, -0.1) is 10.1 Å². The topological polar surface area (TPSA) is 156 Å². The third kappa shape index (κ3) is 9.50. The number of ether oxygens (including phenoxy) is 4. The van der Waals surface area contributed by atoms with Crippen molar-refractivity contribution in [2.75, 3.05) is 33.0 Å². The number of carbonyl (C=O) groups excluding carboxylic acids is 2. The average Bonchev–Trinajstić information content (AvgIpc) is 3.87. The Hall–Kier alpha value is -4.60. The molecule has 2 amide bonds. The third-order valence-corrected chi connectivity index (χ3v) is 10.1. The first-order chi connectivity index (χ1) is 25.6. The Morgan fingerprint density at radius 3 is 2.55 bits per heavy atom. The van der Waals surface area contributed by atoms with Gasteiger partial charge in [0.05, 0.1) is 41.5 Å². The molecule has 0 spiro atoms. The number of aryl methyl sites for hydroxylation is 2. The van der Waals surface area contributed by atoms with Crippen LogP contribution in [0.15, 0.2) is 58.3 Å². The van der Waals surface area contributed by atoms with Gasteiger partial charge in [-0.3, -0.25) is 9.69 Å². The number of rotatable bonds is 18. The molecule has 0 N–H and O–H groups in total. The van der Waals surface area contributed by atoms with Crippen molar-refractivity contribution in [1.29, 1.82) is 0 Å². The second-order valence-corrected chi connectivity index (χ2v) is 13.7. The highest BCUT2D eigenvalue weighted by Crippen LogP contribution is 2.43. The van der Waals surface area contributed by atoms with Gasteiger partial charge in [-0.25, -0.2) is 4.79 Å². The molecule has 2 aliphatic heterocycles. The van der Waals surface area contributed by atoms with E-state index in [4.69, 9.17) is 46.7 Å². The predicted molar refractivity (Wildman–Crippen MR) is 188 cm³/mol. The number of carbonyl (C=O) groups is 2. The minimum Gasteiger partial charge on any atom is -0.473 e. The largest absolute Gasteiger partial charge is 0.473 e. The number of hydrogen-bond acceptors (Lipinski definition) is 11. The van der Waals surface area contributed by atoms with E-state index in [0.717, 1.165) is 18.4 Å². The lowest BCUT2D eigenvalue weighted by Crippen LogP contribution is -2.50. The van der Waals surface area contributed by atoms with Gasteiger partial charge < -0.3 is 33.2 Å². The maximum Gasteiger partial charge on any atom is 0.410 e. The molecule has 53 heavy (non-hydrogen) atoms. The maximum atomic E-state index is 14.7. The smallest absolute Gasteiger partial charge is 0.410 e. The van der Waals surface area contributed by atoms with Gasteiger partial charge in [0.1, 0.15) is 24.7 Å². The number of halogens is 3. The summed E-state index contributed by atoms with van der Waals surface area (Å²) in [6, 6.07) is 12.0. The molecule has 6 rings (SSSR count). The summed E-state index contributed by atoms with van der Waals surface area (Å²) < 4.78 is 41.4. The molecular weight excluding hydrogens is 738 g/mol. The van der Waals surface area contributed by atoms with E-state index in [2.05, 4.69) is 9.99 Å². The Kier molecular flexibility index (Phi) is 12.6. The summed E-state index contributed by atoms with van der Waals surface area (Å²) in [7, 11) is 0. The van der Waals surface area contributed by atoms with E-state index in [1.807, 2.05) is 30.3 Å². The summed E-state index contributed by atoms with van der Waals surface area (Å²) in [5, 5.41) is 13.8. The first-order valence-electron chi connectivity index (χ1n) is 17.4. The molecule has 2 unspecified atom stereocenters. The normalized spacial score (nSPS) is 17.8. The van der Waals surface area contributed by atoms with Crippen LogP contribution in [0.1, 0.15) is 55.4 Å². The van der Waals surface area contributed by atoms with Crippen LogP contribution in [0.3, 0.4) is 0 Å². The van der Waals surface area contributed by atoms with E-state index >= 15 is 0 Å². The van der Waals surface area contributed by atoms with Crippen molar-refractivity contribution in [2.24, 2.45) is 0 Å². The molecule has 14 nitrogen and oxygen atoms in total. The predicted octanol–water partition coefficient (Wildman–Crippen LogP) is 6.86. The monoisotopic (exact) mass is 776 g/mol. The second kappa shape index (κ2) is 17.5. The molecule has 1 aromatic heterocycles. The molecule has 3 aliphatic rings. The van der Waals surface area contributed by atoms with Gasteiger partial charge in [-0.2, -0.15) is 4.39 Å². The summed E-state index contributed by atoms with van der Waals surface area (Å²) >= 11 is 12.9. The highest BCUT2D eigenvalue weighted by atomic mass is 35.5. The van der Waals surface area contributed by atoms with Gasteiger partial charge in [-0.1, -0.05) is 47.5 Å². The first kappa shape index (κ1) is 38.1. The zero-order chi connectivity index (χ0) is 37.5. The summed E-state index contributed by atoms with van der Waals surface area (Å²) in [5.74, 6) is 0.104. The third-order valence-electron chi connectivity index (χ3n) is 9.27. The van der Waals surface area contributed by atoms with Gasteiger partial charge in [0.2, 0.25) is 5.82 Å². The van der Waals surface area contributed by atoms with E-state index in [1.54, 1.807) is 21.9 Å². The molecule has 1 aliphatic carbocycles. The maximum absolute atomic E-state index is 14.7. The second-order valence-electron chi connectivity index (χ2n) is 12.9. The van der Waals surface area contributed by atoms with Crippen molar-refractivity contribution in [3.63, 3.8) is 0 Å². The van der Waals surface area contributed by atoms with Gasteiger partial charge >= 0.3 is 6.09 Å². The van der Waals surface area contributed by atoms with E-state index < -0.39 is 23.0 Å². The van der Waals surface area contributed by atoms with Crippen LogP contribution in [-0.4, -0.2) is 83.2 Å². The lowest BCUT2D eigenvalue weighted by Gasteiger charge is -2.38. The number of hydrogen-bond donors (Lipinski definition) is 0. The fourth-order valence-electron chi connectivity index (χ4n) is 6.55. The number of benzene rings is 2. The van der Waals surface area contributed by atoms with Crippen LogP contribution in [0.5, 0.6) is 11.6 Å². The molecule has 3 heterocycles. The van der Waals surface area contributed by atoms with Crippen LogP contribution in [0.25, 0.3) is 0 Å². The Bertz CT molecular complexity index is 1820. The quantitative estimate of drug-likeness (QED) is 0.0755. The van der Waals surface area contributed by atoms with E-state index in [0.29, 0.717) is 64.8 Å². The van der Waals surface area contributed by atoms with Crippen LogP contribution in [0, 0.1) is 22.9 Å². The van der Waals surface area contributed by atoms with Gasteiger partial charge in [0.25, 0.3) is 16.9 Å². The van der Waals surface area contributed by atoms with Crippen molar-refractivity contribution >= 4 is 35.2 Å². The molecule has 2 atom stereocenters. The molecule has 3 aromatic rings. The first-order valence-corrected chi connectivity index (χ1v) is 18.1. The Labute approximate surface area is 314 Å². The summed E-state index contributed by atoms with van der Waals surface area (Å²) in [6.07, 6.45) is 3.83. The Morgan fingerprint density at radius 2 is 1.83 bits per heavy atom. The number of aromatic nitrogens is 1. The SMILES string of the molecule is Cc1onc(OCCCc2ccc(OC3=C(C(=O)N(Cc4cccc(Cl)c4Cl)C4CC4)C4CCC(C3)N4C(=O)OCCOCCO[N+](=O)[O-])cc2)c1F. The zero-order valence-corrected chi connectivity index (χ0v) is 30.5. The van der Waals surface area contributed by atoms with Crippen molar-refractivity contribution in [2.45, 2.75) is 76.5 Å².